The molecule has 0 amide bonds. The summed E-state index contributed by atoms with van der Waals surface area (Å²) in [6.07, 6.45) is 0.837. The summed E-state index contributed by atoms with van der Waals surface area (Å²) in [7, 11) is 0. The fourth-order valence-electron chi connectivity index (χ4n) is 2.60. The molecule has 1 aliphatic rings. The van der Waals surface area contributed by atoms with E-state index < -0.39 is 5.82 Å². The molecule has 0 unspecified atom stereocenters. The van der Waals surface area contributed by atoms with Gasteiger partial charge < -0.3 is 9.64 Å². The standard InChI is InChI=1S/C17H16FNO2/c1-12(20)14-11-13(18)7-8-15(14)19-9-4-10-21-17-6-3-2-5-16(17)19/h2-3,5-8,11H,4,9-10H2,1H3. The molecule has 1 aliphatic heterocycles. The van der Waals surface area contributed by atoms with E-state index in [4.69, 9.17) is 4.74 Å². The third-order valence-corrected chi connectivity index (χ3v) is 3.57. The molecule has 0 aromatic heterocycles. The van der Waals surface area contributed by atoms with E-state index in [0.29, 0.717) is 12.2 Å². The third-order valence-electron chi connectivity index (χ3n) is 3.57. The number of para-hydroxylation sites is 2. The van der Waals surface area contributed by atoms with E-state index in [2.05, 4.69) is 0 Å². The highest BCUT2D eigenvalue weighted by atomic mass is 19.1. The van der Waals surface area contributed by atoms with Crippen LogP contribution in [0.5, 0.6) is 5.75 Å². The second-order valence-electron chi connectivity index (χ2n) is 5.04. The van der Waals surface area contributed by atoms with Gasteiger partial charge in [-0.1, -0.05) is 12.1 Å². The van der Waals surface area contributed by atoms with E-state index >= 15 is 0 Å². The second-order valence-corrected chi connectivity index (χ2v) is 5.04. The molecule has 0 aliphatic carbocycles. The van der Waals surface area contributed by atoms with Gasteiger partial charge in [-0.2, -0.15) is 0 Å². The van der Waals surface area contributed by atoms with Crippen molar-refractivity contribution in [2.75, 3.05) is 18.1 Å². The summed E-state index contributed by atoms with van der Waals surface area (Å²) in [6.45, 7) is 2.81. The fraction of sp³-hybridized carbons (Fsp3) is 0.235. The first kappa shape index (κ1) is 13.6. The fourth-order valence-corrected chi connectivity index (χ4v) is 2.60. The first-order valence-corrected chi connectivity index (χ1v) is 6.96. The molecule has 108 valence electrons. The molecule has 3 nitrogen and oxygen atoms in total. The van der Waals surface area contributed by atoms with Gasteiger partial charge in [0.05, 0.1) is 18.0 Å². The molecule has 0 saturated carbocycles. The van der Waals surface area contributed by atoms with Gasteiger partial charge in [0.2, 0.25) is 0 Å². The van der Waals surface area contributed by atoms with Crippen LogP contribution >= 0.6 is 0 Å². The molecule has 3 rings (SSSR count). The highest BCUT2D eigenvalue weighted by Crippen LogP contribution is 2.37. The Labute approximate surface area is 123 Å². The number of fused-ring (bicyclic) bond motifs is 1. The second kappa shape index (κ2) is 5.56. The van der Waals surface area contributed by atoms with E-state index in [1.165, 1.54) is 19.1 Å². The zero-order valence-corrected chi connectivity index (χ0v) is 11.8. The molecular weight excluding hydrogens is 269 g/mol. The lowest BCUT2D eigenvalue weighted by atomic mass is 10.1. The summed E-state index contributed by atoms with van der Waals surface area (Å²) in [6, 6.07) is 12.0. The number of carbonyl (C=O) groups excluding carboxylic acids is 1. The zero-order valence-electron chi connectivity index (χ0n) is 11.8. The van der Waals surface area contributed by atoms with Gasteiger partial charge in [0.25, 0.3) is 0 Å². The summed E-state index contributed by atoms with van der Waals surface area (Å²) in [5.74, 6) is 0.240. The number of ketones is 1. The van der Waals surface area contributed by atoms with Crippen molar-refractivity contribution in [2.24, 2.45) is 0 Å². The van der Waals surface area contributed by atoms with Crippen molar-refractivity contribution in [3.8, 4) is 5.75 Å². The van der Waals surface area contributed by atoms with Crippen molar-refractivity contribution in [3.05, 3.63) is 53.8 Å². The highest BCUT2D eigenvalue weighted by Gasteiger charge is 2.21. The Hall–Kier alpha value is -2.36. The first-order chi connectivity index (χ1) is 10.2. The maximum absolute atomic E-state index is 13.5. The van der Waals surface area contributed by atoms with E-state index in [0.717, 1.165) is 30.1 Å². The van der Waals surface area contributed by atoms with Crippen LogP contribution in [0.2, 0.25) is 0 Å². The maximum Gasteiger partial charge on any atom is 0.162 e. The molecule has 0 fully saturated rings. The number of nitrogens with zero attached hydrogens (tertiary/aromatic N) is 1. The van der Waals surface area contributed by atoms with Crippen LogP contribution in [-0.2, 0) is 0 Å². The predicted molar refractivity (Wildman–Crippen MR) is 80.0 cm³/mol. The zero-order chi connectivity index (χ0) is 14.8. The lowest BCUT2D eigenvalue weighted by Crippen LogP contribution is -2.20. The topological polar surface area (TPSA) is 29.5 Å². The number of anilines is 2. The van der Waals surface area contributed by atoms with Crippen LogP contribution < -0.4 is 9.64 Å². The quantitative estimate of drug-likeness (QED) is 0.782. The summed E-state index contributed by atoms with van der Waals surface area (Å²) < 4.78 is 19.2. The molecule has 0 N–H and O–H groups in total. The lowest BCUT2D eigenvalue weighted by molar-refractivity contribution is 0.101. The predicted octanol–water partition coefficient (Wildman–Crippen LogP) is 3.95. The van der Waals surface area contributed by atoms with Crippen molar-refractivity contribution in [2.45, 2.75) is 13.3 Å². The first-order valence-electron chi connectivity index (χ1n) is 6.96. The van der Waals surface area contributed by atoms with Crippen LogP contribution in [0.4, 0.5) is 15.8 Å². The number of ether oxygens (including phenoxy) is 1. The molecule has 21 heavy (non-hydrogen) atoms. The SMILES string of the molecule is CC(=O)c1cc(F)ccc1N1CCCOc2ccccc21. The number of halogens is 1. The van der Waals surface area contributed by atoms with Crippen LogP contribution in [0.1, 0.15) is 23.7 Å². The Balaban J connectivity index is 2.14. The Kier molecular flexibility index (Phi) is 3.60. The normalized spacial score (nSPS) is 14.1. The highest BCUT2D eigenvalue weighted by molar-refractivity contribution is 6.00. The van der Waals surface area contributed by atoms with Crippen LogP contribution in [0.25, 0.3) is 0 Å². The molecule has 4 heteroatoms. The molecule has 0 saturated heterocycles. The summed E-state index contributed by atoms with van der Waals surface area (Å²) in [4.78, 5) is 13.9. The monoisotopic (exact) mass is 285 g/mol. The van der Waals surface area contributed by atoms with Crippen molar-refractivity contribution in [1.29, 1.82) is 0 Å². The average molecular weight is 285 g/mol. The molecule has 1 heterocycles. The van der Waals surface area contributed by atoms with Gasteiger partial charge in [-0.15, -0.1) is 0 Å². The molecule has 2 aromatic carbocycles. The summed E-state index contributed by atoms with van der Waals surface area (Å²) in [5.41, 5.74) is 2.03. The molecule has 0 atom stereocenters. The molecule has 2 aromatic rings. The molecule has 0 radical (unpaired) electrons. The van der Waals surface area contributed by atoms with Gasteiger partial charge in [-0.3, -0.25) is 4.79 Å². The Morgan fingerprint density at radius 3 is 2.81 bits per heavy atom. The van der Waals surface area contributed by atoms with Crippen LogP contribution in [0.15, 0.2) is 42.5 Å². The molecule has 0 spiro atoms. The van der Waals surface area contributed by atoms with E-state index in [-0.39, 0.29) is 5.78 Å². The van der Waals surface area contributed by atoms with E-state index in [1.54, 1.807) is 6.07 Å². The van der Waals surface area contributed by atoms with Gasteiger partial charge in [0.1, 0.15) is 11.6 Å². The number of carbonyl (C=O) groups is 1. The van der Waals surface area contributed by atoms with E-state index in [9.17, 15) is 9.18 Å². The van der Waals surface area contributed by atoms with Gasteiger partial charge in [0.15, 0.2) is 5.78 Å². The number of benzene rings is 2. The van der Waals surface area contributed by atoms with Crippen molar-refractivity contribution < 1.29 is 13.9 Å². The smallest absolute Gasteiger partial charge is 0.162 e. The Morgan fingerprint density at radius 1 is 1.19 bits per heavy atom. The maximum atomic E-state index is 13.5. The lowest BCUT2D eigenvalue weighted by Gasteiger charge is -2.25. The van der Waals surface area contributed by atoms with Gasteiger partial charge >= 0.3 is 0 Å². The molecular formula is C17H16FNO2. The van der Waals surface area contributed by atoms with Crippen molar-refractivity contribution in [1.82, 2.24) is 0 Å². The Bertz CT molecular complexity index is 684. The van der Waals surface area contributed by atoms with E-state index in [1.807, 2.05) is 29.2 Å². The largest absolute Gasteiger partial charge is 0.491 e. The third kappa shape index (κ3) is 2.61. The molecule has 0 bridgehead atoms. The van der Waals surface area contributed by atoms with Crippen molar-refractivity contribution in [3.63, 3.8) is 0 Å². The number of Topliss-reactive ketones (excluding diaryl/α,β-unsaturated/α-hetero) is 1. The number of hydrogen-bond donors (Lipinski definition) is 0. The van der Waals surface area contributed by atoms with Crippen LogP contribution in [0.3, 0.4) is 0 Å². The van der Waals surface area contributed by atoms with Gasteiger partial charge in [-0.05, 0) is 43.7 Å². The average Bonchev–Trinajstić information content (AvgIpc) is 2.69. The van der Waals surface area contributed by atoms with Crippen LogP contribution in [0, 0.1) is 5.82 Å². The van der Waals surface area contributed by atoms with Crippen molar-refractivity contribution >= 4 is 17.2 Å². The minimum atomic E-state index is -0.400. The minimum Gasteiger partial charge on any atom is -0.491 e. The summed E-state index contributed by atoms with van der Waals surface area (Å²) >= 11 is 0. The Morgan fingerprint density at radius 2 is 2.00 bits per heavy atom. The van der Waals surface area contributed by atoms with Crippen LogP contribution in [-0.4, -0.2) is 18.9 Å². The van der Waals surface area contributed by atoms with Gasteiger partial charge in [-0.25, -0.2) is 4.39 Å². The minimum absolute atomic E-state index is 0.146. The van der Waals surface area contributed by atoms with Gasteiger partial charge in [0, 0.05) is 12.1 Å². The summed E-state index contributed by atoms with van der Waals surface area (Å²) in [5, 5.41) is 0. The number of hydrogen-bond acceptors (Lipinski definition) is 3. The number of rotatable bonds is 2.